The van der Waals surface area contributed by atoms with Crippen molar-refractivity contribution < 1.29 is 5.11 Å². The van der Waals surface area contributed by atoms with E-state index in [0.717, 1.165) is 4.68 Å². The predicted octanol–water partition coefficient (Wildman–Crippen LogP) is 1.28. The molecule has 3 aromatic rings. The first kappa shape index (κ1) is 12.9. The predicted molar refractivity (Wildman–Crippen MR) is 79.9 cm³/mol. The summed E-state index contributed by atoms with van der Waals surface area (Å²) in [5, 5.41) is 13.9. The molecule has 0 saturated carbocycles. The minimum absolute atomic E-state index is 0.0199. The van der Waals surface area contributed by atoms with Crippen LogP contribution in [0.1, 0.15) is 5.56 Å². The van der Waals surface area contributed by atoms with Gasteiger partial charge in [-0.05, 0) is 24.3 Å². The van der Waals surface area contributed by atoms with Crippen molar-refractivity contribution in [3.05, 3.63) is 74.9 Å². The van der Waals surface area contributed by atoms with Crippen molar-refractivity contribution in [2.45, 2.75) is 0 Å². The van der Waals surface area contributed by atoms with E-state index in [0.29, 0.717) is 16.5 Å². The zero-order valence-electron chi connectivity index (χ0n) is 10.9. The van der Waals surface area contributed by atoms with Gasteiger partial charge in [0.1, 0.15) is 5.75 Å². The van der Waals surface area contributed by atoms with Gasteiger partial charge in [-0.2, -0.15) is 5.10 Å². The summed E-state index contributed by atoms with van der Waals surface area (Å²) in [5.41, 5.74) is -0.273. The second-order valence-corrected chi connectivity index (χ2v) is 4.40. The number of hydrogen-bond acceptors (Lipinski definition) is 4. The Morgan fingerprint density at radius 3 is 2.57 bits per heavy atom. The zero-order valence-corrected chi connectivity index (χ0v) is 10.9. The number of phenols is 1. The zero-order chi connectivity index (χ0) is 14.8. The lowest BCUT2D eigenvalue weighted by atomic mass is 10.2. The highest BCUT2D eigenvalue weighted by atomic mass is 16.3. The van der Waals surface area contributed by atoms with E-state index in [1.165, 1.54) is 12.3 Å². The van der Waals surface area contributed by atoms with Crippen LogP contribution in [0.2, 0.25) is 0 Å². The molecule has 0 aliphatic heterocycles. The average Bonchev–Trinajstić information content (AvgIpc) is 2.49. The maximum atomic E-state index is 12.2. The third-order valence-electron chi connectivity index (χ3n) is 3.03. The Morgan fingerprint density at radius 1 is 1.05 bits per heavy atom. The number of fused-ring (bicyclic) bond motifs is 1. The molecule has 1 heterocycles. The maximum Gasteiger partial charge on any atom is 0.349 e. The number of H-pyrrole nitrogens is 1. The minimum Gasteiger partial charge on any atom is -0.507 e. The van der Waals surface area contributed by atoms with E-state index in [9.17, 15) is 14.7 Å². The van der Waals surface area contributed by atoms with E-state index in [-0.39, 0.29) is 5.75 Å². The van der Waals surface area contributed by atoms with Gasteiger partial charge in [0.05, 0.1) is 17.1 Å². The van der Waals surface area contributed by atoms with Crippen LogP contribution < -0.4 is 11.2 Å². The molecule has 21 heavy (non-hydrogen) atoms. The quantitative estimate of drug-likeness (QED) is 0.693. The van der Waals surface area contributed by atoms with Crippen molar-refractivity contribution in [3.63, 3.8) is 0 Å². The number of nitrogens with one attached hydrogen (secondary N) is 1. The lowest BCUT2D eigenvalue weighted by molar-refractivity contribution is 0.474. The van der Waals surface area contributed by atoms with Gasteiger partial charge in [0.2, 0.25) is 0 Å². The van der Waals surface area contributed by atoms with E-state index in [1.54, 1.807) is 42.5 Å². The normalized spacial score (nSPS) is 11.2. The summed E-state index contributed by atoms with van der Waals surface area (Å²) < 4.78 is 0.731. The Kier molecular flexibility index (Phi) is 3.12. The number of rotatable bonds is 2. The number of para-hydroxylation sites is 2. The summed E-state index contributed by atoms with van der Waals surface area (Å²) >= 11 is 0. The number of nitrogens with zero attached hydrogens (tertiary/aromatic N) is 2. The van der Waals surface area contributed by atoms with Crippen LogP contribution in [0.4, 0.5) is 0 Å². The first-order valence-corrected chi connectivity index (χ1v) is 6.23. The first-order valence-electron chi connectivity index (χ1n) is 6.23. The fraction of sp³-hybridized carbons (Fsp3) is 0. The molecular weight excluding hydrogens is 270 g/mol. The molecule has 104 valence electrons. The van der Waals surface area contributed by atoms with Crippen LogP contribution in [0.3, 0.4) is 0 Å². The van der Waals surface area contributed by atoms with Gasteiger partial charge in [0.25, 0.3) is 5.56 Å². The molecular formula is C15H11N3O3. The molecule has 2 aromatic carbocycles. The number of aromatic amines is 1. The molecule has 6 nitrogen and oxygen atoms in total. The molecule has 0 atom stereocenters. The number of aromatic hydroxyl groups is 1. The highest BCUT2D eigenvalue weighted by molar-refractivity contribution is 5.83. The standard InChI is InChI=1S/C15H11N3O3/c19-13-8-4-1-5-10(13)9-16-18-14(20)11-6-2-3-7-12(11)17-15(18)21/h1-9,19H,(H,17,21). The molecule has 0 spiro atoms. The van der Waals surface area contributed by atoms with E-state index in [2.05, 4.69) is 10.1 Å². The summed E-state index contributed by atoms with van der Waals surface area (Å²) in [6, 6.07) is 13.2. The molecule has 0 saturated heterocycles. The highest BCUT2D eigenvalue weighted by Gasteiger charge is 2.05. The van der Waals surface area contributed by atoms with Gasteiger partial charge in [-0.3, -0.25) is 4.79 Å². The minimum atomic E-state index is -0.634. The number of phenolic OH excluding ortho intramolecular Hbond substituents is 1. The molecule has 0 amide bonds. The molecule has 0 unspecified atom stereocenters. The van der Waals surface area contributed by atoms with E-state index in [4.69, 9.17) is 0 Å². The van der Waals surface area contributed by atoms with Gasteiger partial charge in [-0.25, -0.2) is 4.79 Å². The highest BCUT2D eigenvalue weighted by Crippen LogP contribution is 2.12. The SMILES string of the molecule is O=c1[nH]c2ccccc2c(=O)n1N=Cc1ccccc1O. The van der Waals surface area contributed by atoms with Gasteiger partial charge in [0.15, 0.2) is 0 Å². The molecule has 3 rings (SSSR count). The molecule has 0 fully saturated rings. The number of aromatic nitrogens is 2. The Bertz CT molecular complexity index is 954. The summed E-state index contributed by atoms with van der Waals surface area (Å²) in [6.45, 7) is 0. The van der Waals surface area contributed by atoms with Crippen LogP contribution >= 0.6 is 0 Å². The number of hydrogen-bond donors (Lipinski definition) is 2. The van der Waals surface area contributed by atoms with Gasteiger partial charge in [-0.1, -0.05) is 24.3 Å². The van der Waals surface area contributed by atoms with Gasteiger partial charge in [-0.15, -0.1) is 4.68 Å². The fourth-order valence-electron chi connectivity index (χ4n) is 1.97. The van der Waals surface area contributed by atoms with Gasteiger partial charge >= 0.3 is 5.69 Å². The Morgan fingerprint density at radius 2 is 1.76 bits per heavy atom. The Balaban J connectivity index is 2.16. The smallest absolute Gasteiger partial charge is 0.349 e. The van der Waals surface area contributed by atoms with E-state index >= 15 is 0 Å². The third kappa shape index (κ3) is 2.34. The van der Waals surface area contributed by atoms with E-state index < -0.39 is 11.2 Å². The summed E-state index contributed by atoms with van der Waals surface area (Å²) in [5.74, 6) is 0.0199. The maximum absolute atomic E-state index is 12.2. The lowest BCUT2D eigenvalue weighted by Crippen LogP contribution is -2.32. The van der Waals surface area contributed by atoms with Crippen molar-refractivity contribution in [1.29, 1.82) is 0 Å². The van der Waals surface area contributed by atoms with Crippen LogP contribution in [0.25, 0.3) is 10.9 Å². The third-order valence-corrected chi connectivity index (χ3v) is 3.03. The van der Waals surface area contributed by atoms with Gasteiger partial charge < -0.3 is 10.1 Å². The van der Waals surface area contributed by atoms with Crippen molar-refractivity contribution >= 4 is 17.1 Å². The monoisotopic (exact) mass is 281 g/mol. The van der Waals surface area contributed by atoms with Crippen LogP contribution in [-0.2, 0) is 0 Å². The largest absolute Gasteiger partial charge is 0.507 e. The summed E-state index contributed by atoms with van der Waals surface area (Å²) in [6.07, 6.45) is 1.26. The van der Waals surface area contributed by atoms with Crippen molar-refractivity contribution in [3.8, 4) is 5.75 Å². The Hall–Kier alpha value is -3.15. The van der Waals surface area contributed by atoms with Crippen molar-refractivity contribution in [1.82, 2.24) is 9.66 Å². The molecule has 0 aliphatic carbocycles. The van der Waals surface area contributed by atoms with Gasteiger partial charge in [0, 0.05) is 5.56 Å². The van der Waals surface area contributed by atoms with Crippen LogP contribution in [0, 0.1) is 0 Å². The topological polar surface area (TPSA) is 87.5 Å². The second-order valence-electron chi connectivity index (χ2n) is 4.40. The van der Waals surface area contributed by atoms with Crippen molar-refractivity contribution in [2.24, 2.45) is 5.10 Å². The van der Waals surface area contributed by atoms with Crippen LogP contribution in [0.15, 0.2) is 63.2 Å². The molecule has 0 bridgehead atoms. The molecule has 2 N–H and O–H groups in total. The summed E-state index contributed by atoms with van der Waals surface area (Å²) in [4.78, 5) is 26.7. The molecule has 0 radical (unpaired) electrons. The lowest BCUT2D eigenvalue weighted by Gasteiger charge is -2.01. The van der Waals surface area contributed by atoms with Crippen LogP contribution in [-0.4, -0.2) is 21.0 Å². The second kappa shape index (κ2) is 5.09. The Labute approximate surface area is 118 Å². The average molecular weight is 281 g/mol. The molecule has 6 heteroatoms. The first-order chi connectivity index (χ1) is 10.2. The number of benzene rings is 2. The molecule has 1 aromatic heterocycles. The van der Waals surface area contributed by atoms with E-state index in [1.807, 2.05) is 0 Å². The molecule has 0 aliphatic rings. The van der Waals surface area contributed by atoms with Crippen LogP contribution in [0.5, 0.6) is 5.75 Å². The van der Waals surface area contributed by atoms with Crippen molar-refractivity contribution in [2.75, 3.05) is 0 Å². The fourth-order valence-corrected chi connectivity index (χ4v) is 1.97. The summed E-state index contributed by atoms with van der Waals surface area (Å²) in [7, 11) is 0.